The molecule has 0 aliphatic heterocycles. The Kier molecular flexibility index (Phi) is 4.19. The van der Waals surface area contributed by atoms with Gasteiger partial charge in [0.1, 0.15) is 5.75 Å². The molecule has 0 amide bonds. The minimum atomic E-state index is -5.65. The van der Waals surface area contributed by atoms with Crippen LogP contribution in [-0.4, -0.2) is 13.9 Å². The smallest absolute Gasteiger partial charge is 0.376 e. The number of halogens is 3. The van der Waals surface area contributed by atoms with Crippen molar-refractivity contribution in [2.24, 2.45) is 0 Å². The fourth-order valence-corrected chi connectivity index (χ4v) is 2.37. The highest BCUT2D eigenvalue weighted by molar-refractivity contribution is 7.88. The maximum Gasteiger partial charge on any atom is 0.534 e. The average Bonchev–Trinajstić information content (AvgIpc) is 2.38. The second kappa shape index (κ2) is 5.64. The maximum atomic E-state index is 12.3. The van der Waals surface area contributed by atoms with Crippen molar-refractivity contribution in [3.05, 3.63) is 53.6 Å². The summed E-state index contributed by atoms with van der Waals surface area (Å²) in [5.74, 6) is -0.370. The molecule has 2 aromatic rings. The van der Waals surface area contributed by atoms with Crippen molar-refractivity contribution < 1.29 is 25.8 Å². The van der Waals surface area contributed by atoms with Crippen LogP contribution in [-0.2, 0) is 10.1 Å². The van der Waals surface area contributed by atoms with Crippen molar-refractivity contribution in [1.82, 2.24) is 0 Å². The summed E-state index contributed by atoms with van der Waals surface area (Å²) in [5, 5.41) is 0. The molecule has 0 radical (unpaired) electrons. The summed E-state index contributed by atoms with van der Waals surface area (Å²) in [6.07, 6.45) is 0. The Morgan fingerprint density at radius 1 is 0.955 bits per heavy atom. The lowest BCUT2D eigenvalue weighted by molar-refractivity contribution is -0.0500. The predicted molar refractivity (Wildman–Crippen MR) is 77.0 cm³/mol. The van der Waals surface area contributed by atoms with E-state index >= 15 is 0 Å². The Morgan fingerprint density at radius 3 is 2.05 bits per heavy atom. The third-order valence-electron chi connectivity index (χ3n) is 3.05. The highest BCUT2D eigenvalue weighted by Crippen LogP contribution is 2.31. The van der Waals surface area contributed by atoms with E-state index in [9.17, 15) is 21.6 Å². The summed E-state index contributed by atoms with van der Waals surface area (Å²) in [5.41, 5.74) is -2.09. The summed E-state index contributed by atoms with van der Waals surface area (Å²) >= 11 is 0. The molecule has 2 aromatic carbocycles. The molecular weight excluding hydrogens is 317 g/mol. The topological polar surface area (TPSA) is 43.4 Å². The van der Waals surface area contributed by atoms with Gasteiger partial charge in [-0.15, -0.1) is 0 Å². The number of alkyl halides is 3. The molecular formula is C15H13F3O3S. The van der Waals surface area contributed by atoms with Crippen molar-refractivity contribution in [1.29, 1.82) is 0 Å². The lowest BCUT2D eigenvalue weighted by Gasteiger charge is -2.12. The van der Waals surface area contributed by atoms with E-state index in [-0.39, 0.29) is 5.75 Å². The van der Waals surface area contributed by atoms with Crippen LogP contribution in [0.5, 0.6) is 5.75 Å². The molecule has 0 bridgehead atoms. The summed E-state index contributed by atoms with van der Waals surface area (Å²) in [6, 6.07) is 11.6. The zero-order valence-electron chi connectivity index (χ0n) is 11.8. The molecule has 0 saturated heterocycles. The third-order valence-corrected chi connectivity index (χ3v) is 4.03. The van der Waals surface area contributed by atoms with Gasteiger partial charge in [-0.1, -0.05) is 35.9 Å². The standard InChI is InChI=1S/C15H13F3O3S/c1-10-3-5-12(6-4-10)14-8-7-13(9-11(14)2)21-22(19,20)15(16,17)18/h3-9H,1-2H3. The van der Waals surface area contributed by atoms with Crippen LogP contribution < -0.4 is 4.18 Å². The molecule has 7 heteroatoms. The molecule has 22 heavy (non-hydrogen) atoms. The van der Waals surface area contributed by atoms with Gasteiger partial charge in [-0.2, -0.15) is 21.6 Å². The molecule has 0 saturated carbocycles. The van der Waals surface area contributed by atoms with Crippen LogP contribution in [0.1, 0.15) is 11.1 Å². The lowest BCUT2D eigenvalue weighted by Crippen LogP contribution is -2.28. The second-order valence-electron chi connectivity index (χ2n) is 4.83. The zero-order chi connectivity index (χ0) is 16.5. The van der Waals surface area contributed by atoms with Crippen molar-refractivity contribution >= 4 is 10.1 Å². The monoisotopic (exact) mass is 330 g/mol. The lowest BCUT2D eigenvalue weighted by atomic mass is 9.99. The first-order valence-corrected chi connectivity index (χ1v) is 7.69. The Bertz CT molecular complexity index is 779. The fourth-order valence-electron chi connectivity index (χ4n) is 1.92. The first-order valence-electron chi connectivity index (χ1n) is 6.28. The number of aryl methyl sites for hydroxylation is 2. The van der Waals surface area contributed by atoms with Crippen LogP contribution in [0.15, 0.2) is 42.5 Å². The molecule has 0 unspecified atom stereocenters. The summed E-state index contributed by atoms with van der Waals surface area (Å²) in [6.45, 7) is 3.61. The molecule has 2 rings (SSSR count). The van der Waals surface area contributed by atoms with Crippen LogP contribution in [0.4, 0.5) is 13.2 Å². The van der Waals surface area contributed by atoms with Gasteiger partial charge in [0.25, 0.3) is 0 Å². The first kappa shape index (κ1) is 16.4. The van der Waals surface area contributed by atoms with Gasteiger partial charge in [-0.05, 0) is 42.7 Å². The molecule has 0 N–H and O–H groups in total. The van der Waals surface area contributed by atoms with Crippen LogP contribution in [0, 0.1) is 13.8 Å². The maximum absolute atomic E-state index is 12.3. The van der Waals surface area contributed by atoms with Crippen molar-refractivity contribution in [3.8, 4) is 16.9 Å². The van der Waals surface area contributed by atoms with E-state index in [4.69, 9.17) is 0 Å². The van der Waals surface area contributed by atoms with Gasteiger partial charge in [-0.3, -0.25) is 0 Å². The number of benzene rings is 2. The predicted octanol–water partition coefficient (Wildman–Crippen LogP) is 4.20. The van der Waals surface area contributed by atoms with Gasteiger partial charge < -0.3 is 4.18 Å². The largest absolute Gasteiger partial charge is 0.534 e. The van der Waals surface area contributed by atoms with Gasteiger partial charge >= 0.3 is 15.6 Å². The van der Waals surface area contributed by atoms with Crippen molar-refractivity contribution in [2.75, 3.05) is 0 Å². The van der Waals surface area contributed by atoms with Crippen LogP contribution >= 0.6 is 0 Å². The van der Waals surface area contributed by atoms with E-state index in [0.29, 0.717) is 5.56 Å². The van der Waals surface area contributed by atoms with E-state index in [0.717, 1.165) is 16.7 Å². The molecule has 0 atom stereocenters. The van der Waals surface area contributed by atoms with Crippen LogP contribution in [0.3, 0.4) is 0 Å². The van der Waals surface area contributed by atoms with E-state index in [1.54, 1.807) is 6.92 Å². The van der Waals surface area contributed by atoms with E-state index in [2.05, 4.69) is 4.18 Å². The van der Waals surface area contributed by atoms with Crippen molar-refractivity contribution in [2.45, 2.75) is 19.4 Å². The van der Waals surface area contributed by atoms with Gasteiger partial charge in [-0.25, -0.2) is 0 Å². The fraction of sp³-hybridized carbons (Fsp3) is 0.200. The molecule has 3 nitrogen and oxygen atoms in total. The third kappa shape index (κ3) is 3.41. The van der Waals surface area contributed by atoms with Gasteiger partial charge in [0.2, 0.25) is 0 Å². The van der Waals surface area contributed by atoms with Crippen LogP contribution in [0.25, 0.3) is 11.1 Å². The molecule has 0 aliphatic carbocycles. The normalized spacial score (nSPS) is 12.2. The Morgan fingerprint density at radius 2 is 1.55 bits per heavy atom. The average molecular weight is 330 g/mol. The van der Waals surface area contributed by atoms with E-state index in [1.807, 2.05) is 31.2 Å². The van der Waals surface area contributed by atoms with E-state index in [1.165, 1.54) is 18.2 Å². The SMILES string of the molecule is Cc1ccc(-c2ccc(OS(=O)(=O)C(F)(F)F)cc2C)cc1. The summed E-state index contributed by atoms with van der Waals surface area (Å²) in [7, 11) is -5.65. The quantitative estimate of drug-likeness (QED) is 0.626. The number of hydrogen-bond donors (Lipinski definition) is 0. The molecule has 0 spiro atoms. The van der Waals surface area contributed by atoms with Gasteiger partial charge in [0.15, 0.2) is 0 Å². The minimum absolute atomic E-state index is 0.370. The summed E-state index contributed by atoms with van der Waals surface area (Å²) < 4.78 is 62.9. The minimum Gasteiger partial charge on any atom is -0.376 e. The highest BCUT2D eigenvalue weighted by atomic mass is 32.2. The molecule has 0 aliphatic rings. The number of rotatable bonds is 3. The van der Waals surface area contributed by atoms with Crippen LogP contribution in [0.2, 0.25) is 0 Å². The Balaban J connectivity index is 2.33. The second-order valence-corrected chi connectivity index (χ2v) is 6.36. The molecule has 0 heterocycles. The highest BCUT2D eigenvalue weighted by Gasteiger charge is 2.48. The number of hydrogen-bond acceptors (Lipinski definition) is 3. The summed E-state index contributed by atoms with van der Waals surface area (Å²) in [4.78, 5) is 0. The molecule has 0 fully saturated rings. The van der Waals surface area contributed by atoms with Crippen molar-refractivity contribution in [3.63, 3.8) is 0 Å². The molecule has 0 aromatic heterocycles. The van der Waals surface area contributed by atoms with E-state index < -0.39 is 15.6 Å². The zero-order valence-corrected chi connectivity index (χ0v) is 12.6. The first-order chi connectivity index (χ1) is 10.1. The molecule has 118 valence electrons. The van der Waals surface area contributed by atoms with Gasteiger partial charge in [0, 0.05) is 0 Å². The Hall–Kier alpha value is -2.02. The van der Waals surface area contributed by atoms with Gasteiger partial charge in [0.05, 0.1) is 0 Å². The Labute approximate surface area is 126 Å².